The lowest BCUT2D eigenvalue weighted by Gasteiger charge is -2.40. The molecule has 2 aliphatic carbocycles. The molecule has 2 heterocycles. The first kappa shape index (κ1) is 25.4. The molecule has 1 N–H and O–H groups in total. The number of aromatic nitrogens is 1. The Labute approximate surface area is 239 Å². The topological polar surface area (TPSA) is 65.5 Å². The highest BCUT2D eigenvalue weighted by Crippen LogP contribution is 2.37. The standard InChI is InChI=1S/C33H34N4O2S/c38-31-27-10-4-3-9-25(27)26-14-13-22(19-29(26)31)33(39)34-20-23-7-1-2-8-24(23)21-36-15-17-37(18-16-36)32-28-11-5-6-12-30(28)40-35-32/h3-6,9-14,19,23-24H,1-2,7-8,15-18,20-21H2,(H,34,39)/t23-,24+/m0/s1. The number of nitrogens with zero attached hydrogens (tertiary/aromatic N) is 3. The van der Waals surface area contributed by atoms with Crippen molar-refractivity contribution in [3.8, 4) is 11.1 Å². The average molecular weight is 551 g/mol. The minimum Gasteiger partial charge on any atom is -0.353 e. The fourth-order valence-corrected chi connectivity index (χ4v) is 7.66. The van der Waals surface area contributed by atoms with E-state index in [1.54, 1.807) is 17.6 Å². The van der Waals surface area contributed by atoms with E-state index in [1.807, 2.05) is 36.4 Å². The maximum atomic E-state index is 13.2. The van der Waals surface area contributed by atoms with E-state index < -0.39 is 0 Å². The van der Waals surface area contributed by atoms with Crippen molar-refractivity contribution in [2.75, 3.05) is 44.2 Å². The van der Waals surface area contributed by atoms with Crippen LogP contribution < -0.4 is 10.2 Å². The molecule has 204 valence electrons. The second-order valence-electron chi connectivity index (χ2n) is 11.4. The molecule has 2 atom stereocenters. The molecule has 0 unspecified atom stereocenters. The summed E-state index contributed by atoms with van der Waals surface area (Å²) in [5.41, 5.74) is 3.81. The van der Waals surface area contributed by atoms with Crippen molar-refractivity contribution in [1.82, 2.24) is 14.6 Å². The van der Waals surface area contributed by atoms with E-state index in [1.165, 1.54) is 29.3 Å². The molecule has 6 nitrogen and oxygen atoms in total. The summed E-state index contributed by atoms with van der Waals surface area (Å²) >= 11 is 1.59. The van der Waals surface area contributed by atoms with E-state index in [-0.39, 0.29) is 11.7 Å². The lowest BCUT2D eigenvalue weighted by Crippen LogP contribution is -2.49. The molecule has 1 amide bonds. The number of ketones is 1. The number of carbonyl (C=O) groups is 2. The highest BCUT2D eigenvalue weighted by Gasteiger charge is 2.30. The number of rotatable bonds is 6. The molecule has 0 spiro atoms. The van der Waals surface area contributed by atoms with Crippen LogP contribution in [0.4, 0.5) is 5.82 Å². The molecule has 3 aromatic carbocycles. The maximum absolute atomic E-state index is 13.2. The molecule has 0 radical (unpaired) electrons. The van der Waals surface area contributed by atoms with Crippen LogP contribution in [0.5, 0.6) is 0 Å². The largest absolute Gasteiger partial charge is 0.353 e. The fraction of sp³-hybridized carbons (Fsp3) is 0.364. The Balaban J connectivity index is 0.955. The molecule has 7 rings (SSSR count). The van der Waals surface area contributed by atoms with Gasteiger partial charge in [-0.15, -0.1) is 0 Å². The van der Waals surface area contributed by atoms with E-state index in [2.05, 4.69) is 39.4 Å². The number of nitrogens with one attached hydrogen (secondary N) is 1. The fourth-order valence-electron chi connectivity index (χ4n) is 6.86. The van der Waals surface area contributed by atoms with Gasteiger partial charge >= 0.3 is 0 Å². The van der Waals surface area contributed by atoms with Crippen LogP contribution in [0.25, 0.3) is 21.2 Å². The van der Waals surface area contributed by atoms with Crippen LogP contribution in [0.15, 0.2) is 66.7 Å². The van der Waals surface area contributed by atoms with Crippen molar-refractivity contribution in [3.05, 3.63) is 83.4 Å². The van der Waals surface area contributed by atoms with Gasteiger partial charge in [-0.3, -0.25) is 14.5 Å². The van der Waals surface area contributed by atoms with Crippen LogP contribution >= 0.6 is 11.5 Å². The van der Waals surface area contributed by atoms with Crippen LogP contribution in [-0.4, -0.2) is 60.2 Å². The number of piperazine rings is 1. The van der Waals surface area contributed by atoms with Gasteiger partial charge in [-0.25, -0.2) is 0 Å². The predicted octanol–water partition coefficient (Wildman–Crippen LogP) is 5.87. The number of fused-ring (bicyclic) bond motifs is 4. The van der Waals surface area contributed by atoms with Gasteiger partial charge in [-0.2, -0.15) is 4.37 Å². The SMILES string of the molecule is O=C(NC[C@@H]1CCCC[C@@H]1CN1CCN(c2nsc3ccccc23)CC1)c1ccc2c(c1)C(=O)c1ccccc1-2. The van der Waals surface area contributed by atoms with E-state index in [4.69, 9.17) is 4.37 Å². The first-order chi connectivity index (χ1) is 19.7. The van der Waals surface area contributed by atoms with Crippen molar-refractivity contribution < 1.29 is 9.59 Å². The van der Waals surface area contributed by atoms with Gasteiger partial charge in [0.1, 0.15) is 5.82 Å². The minimum atomic E-state index is -0.0833. The van der Waals surface area contributed by atoms with Gasteiger partial charge in [0.2, 0.25) is 0 Å². The summed E-state index contributed by atoms with van der Waals surface area (Å²) in [5, 5.41) is 4.49. The Morgan fingerprint density at radius 1 is 0.850 bits per heavy atom. The molecule has 7 heteroatoms. The highest BCUT2D eigenvalue weighted by atomic mass is 32.1. The molecule has 1 aromatic heterocycles. The summed E-state index contributed by atoms with van der Waals surface area (Å²) in [6, 6.07) is 21.7. The quantitative estimate of drug-likeness (QED) is 0.287. The van der Waals surface area contributed by atoms with Gasteiger partial charge in [0.05, 0.1) is 4.70 Å². The average Bonchev–Trinajstić information content (AvgIpc) is 3.56. The van der Waals surface area contributed by atoms with Crippen molar-refractivity contribution in [2.45, 2.75) is 25.7 Å². The van der Waals surface area contributed by atoms with Crippen molar-refractivity contribution in [3.63, 3.8) is 0 Å². The number of amides is 1. The third kappa shape index (κ3) is 4.71. The van der Waals surface area contributed by atoms with Gasteiger partial charge in [0, 0.05) is 61.3 Å². The zero-order valence-corrected chi connectivity index (χ0v) is 23.5. The Hall–Kier alpha value is -3.55. The molecule has 2 fully saturated rings. The Morgan fingerprint density at radius 2 is 1.57 bits per heavy atom. The van der Waals surface area contributed by atoms with Crippen LogP contribution in [-0.2, 0) is 0 Å². The monoisotopic (exact) mass is 550 g/mol. The molecule has 1 saturated heterocycles. The molecule has 1 aliphatic heterocycles. The van der Waals surface area contributed by atoms with Crippen molar-refractivity contribution in [2.24, 2.45) is 11.8 Å². The number of anilines is 1. The summed E-state index contributed by atoms with van der Waals surface area (Å²) in [6.45, 7) is 5.89. The summed E-state index contributed by atoms with van der Waals surface area (Å²) in [4.78, 5) is 31.1. The first-order valence-electron chi connectivity index (χ1n) is 14.5. The molecular formula is C33H34N4O2S. The second-order valence-corrected chi connectivity index (χ2v) is 12.2. The number of hydrogen-bond acceptors (Lipinski definition) is 6. The van der Waals surface area contributed by atoms with Crippen LogP contribution in [0, 0.1) is 11.8 Å². The number of hydrogen-bond donors (Lipinski definition) is 1. The van der Waals surface area contributed by atoms with E-state index in [0.717, 1.165) is 61.7 Å². The van der Waals surface area contributed by atoms with Gasteiger partial charge in [0.15, 0.2) is 5.78 Å². The second kappa shape index (κ2) is 10.8. The van der Waals surface area contributed by atoms with E-state index >= 15 is 0 Å². The van der Waals surface area contributed by atoms with Crippen molar-refractivity contribution >= 4 is 39.1 Å². The molecule has 40 heavy (non-hydrogen) atoms. The van der Waals surface area contributed by atoms with Gasteiger partial charge in [-0.1, -0.05) is 55.3 Å². The summed E-state index contributed by atoms with van der Waals surface area (Å²) in [7, 11) is 0. The van der Waals surface area contributed by atoms with Crippen LogP contribution in [0.1, 0.15) is 52.0 Å². The van der Waals surface area contributed by atoms with E-state index in [0.29, 0.717) is 29.5 Å². The third-order valence-electron chi connectivity index (χ3n) is 9.10. The first-order valence-corrected chi connectivity index (χ1v) is 15.3. The zero-order valence-electron chi connectivity index (χ0n) is 22.6. The van der Waals surface area contributed by atoms with Gasteiger partial charge < -0.3 is 10.2 Å². The van der Waals surface area contributed by atoms with Gasteiger partial charge in [0.25, 0.3) is 5.91 Å². The number of carbonyl (C=O) groups excluding carboxylic acids is 2. The summed E-state index contributed by atoms with van der Waals surface area (Å²) in [6.07, 6.45) is 4.89. The predicted molar refractivity (Wildman–Crippen MR) is 161 cm³/mol. The van der Waals surface area contributed by atoms with Crippen LogP contribution in [0.3, 0.4) is 0 Å². The van der Waals surface area contributed by atoms with Crippen molar-refractivity contribution in [1.29, 1.82) is 0 Å². The molecule has 0 bridgehead atoms. The van der Waals surface area contributed by atoms with E-state index in [9.17, 15) is 9.59 Å². The minimum absolute atomic E-state index is 0.00987. The highest BCUT2D eigenvalue weighted by molar-refractivity contribution is 7.13. The zero-order chi connectivity index (χ0) is 27.1. The Morgan fingerprint density at radius 3 is 2.42 bits per heavy atom. The molecule has 3 aliphatic rings. The summed E-state index contributed by atoms with van der Waals surface area (Å²) < 4.78 is 6.01. The summed E-state index contributed by atoms with van der Waals surface area (Å²) in [5.74, 6) is 2.14. The van der Waals surface area contributed by atoms with Gasteiger partial charge in [-0.05, 0) is 71.6 Å². The third-order valence-corrected chi connectivity index (χ3v) is 9.92. The lowest BCUT2D eigenvalue weighted by atomic mass is 9.78. The maximum Gasteiger partial charge on any atom is 0.251 e. The molecular weight excluding hydrogens is 516 g/mol. The smallest absolute Gasteiger partial charge is 0.251 e. The Kier molecular flexibility index (Phi) is 6.86. The molecule has 1 saturated carbocycles. The normalized spacial score (nSPS) is 20.9. The lowest BCUT2D eigenvalue weighted by molar-refractivity contribution is 0.0920. The Bertz CT molecular complexity index is 1570. The number of benzene rings is 3. The van der Waals surface area contributed by atoms with Crippen LogP contribution in [0.2, 0.25) is 0 Å². The molecule has 4 aromatic rings.